The third-order valence-electron chi connectivity index (χ3n) is 2.29. The Morgan fingerprint density at radius 2 is 2.19 bits per heavy atom. The molecule has 0 saturated heterocycles. The van der Waals surface area contributed by atoms with Crippen molar-refractivity contribution in [2.24, 2.45) is 0 Å². The van der Waals surface area contributed by atoms with Crippen molar-refractivity contribution in [3.8, 4) is 0 Å². The van der Waals surface area contributed by atoms with Crippen LogP contribution in [0.5, 0.6) is 0 Å². The predicted octanol–water partition coefficient (Wildman–Crippen LogP) is 3.13. The first kappa shape index (κ1) is 11.6. The molecular weight excluding hydrogens is 240 g/mol. The van der Waals surface area contributed by atoms with Crippen LogP contribution in [0.1, 0.15) is 11.1 Å². The van der Waals surface area contributed by atoms with Crippen LogP contribution in [0.3, 0.4) is 0 Å². The number of nitrogens with one attached hydrogen (secondary N) is 1. The van der Waals surface area contributed by atoms with Crippen LogP contribution in [0.25, 0.3) is 0 Å². The summed E-state index contributed by atoms with van der Waals surface area (Å²) in [6.45, 7) is 1.89. The normalized spacial score (nSPS) is 10.6. The van der Waals surface area contributed by atoms with Gasteiger partial charge in [-0.2, -0.15) is 11.3 Å². The molecule has 0 aliphatic heterocycles. The number of rotatable bonds is 5. The monoisotopic (exact) mass is 252 g/mol. The molecule has 2 nitrogen and oxygen atoms in total. The van der Waals surface area contributed by atoms with Crippen LogP contribution in [-0.2, 0) is 13.0 Å². The van der Waals surface area contributed by atoms with Crippen molar-refractivity contribution in [3.63, 3.8) is 0 Å². The van der Waals surface area contributed by atoms with Gasteiger partial charge in [0.15, 0.2) is 0 Å². The SMILES string of the molecule is Clc1ccc(CCNCc2ccsc2)cn1. The second-order valence-corrected chi connectivity index (χ2v) is 4.71. The Labute approximate surface area is 104 Å². The molecule has 84 valence electrons. The van der Waals surface area contributed by atoms with Crippen LogP contribution in [0.4, 0.5) is 0 Å². The number of hydrogen-bond donors (Lipinski definition) is 1. The molecule has 16 heavy (non-hydrogen) atoms. The Kier molecular flexibility index (Phi) is 4.34. The van der Waals surface area contributed by atoms with Crippen LogP contribution in [0, 0.1) is 0 Å². The largest absolute Gasteiger partial charge is 0.312 e. The highest BCUT2D eigenvalue weighted by atomic mass is 35.5. The standard InChI is InChI=1S/C12H13ClN2S/c13-12-2-1-10(8-15-12)3-5-14-7-11-4-6-16-9-11/h1-2,4,6,8-9,14H,3,5,7H2. The van der Waals surface area contributed by atoms with Crippen molar-refractivity contribution >= 4 is 22.9 Å². The summed E-state index contributed by atoms with van der Waals surface area (Å²) >= 11 is 7.45. The smallest absolute Gasteiger partial charge is 0.129 e. The Morgan fingerprint density at radius 3 is 2.88 bits per heavy atom. The maximum absolute atomic E-state index is 5.71. The molecule has 2 aromatic heterocycles. The van der Waals surface area contributed by atoms with E-state index in [1.807, 2.05) is 18.3 Å². The fourth-order valence-corrected chi connectivity index (χ4v) is 2.19. The van der Waals surface area contributed by atoms with Gasteiger partial charge in [0, 0.05) is 12.7 Å². The van der Waals surface area contributed by atoms with E-state index in [1.54, 1.807) is 11.3 Å². The first-order chi connectivity index (χ1) is 7.84. The molecule has 0 aliphatic rings. The summed E-state index contributed by atoms with van der Waals surface area (Å²) in [7, 11) is 0. The summed E-state index contributed by atoms with van der Waals surface area (Å²) in [6.07, 6.45) is 2.81. The van der Waals surface area contributed by atoms with Crippen molar-refractivity contribution in [1.82, 2.24) is 10.3 Å². The van der Waals surface area contributed by atoms with Gasteiger partial charge < -0.3 is 5.32 Å². The Morgan fingerprint density at radius 1 is 1.25 bits per heavy atom. The summed E-state index contributed by atoms with van der Waals surface area (Å²) in [5, 5.41) is 8.21. The van der Waals surface area contributed by atoms with Crippen molar-refractivity contribution in [2.45, 2.75) is 13.0 Å². The fraction of sp³-hybridized carbons (Fsp3) is 0.250. The lowest BCUT2D eigenvalue weighted by atomic mass is 10.2. The maximum Gasteiger partial charge on any atom is 0.129 e. The van der Waals surface area contributed by atoms with Gasteiger partial charge in [-0.3, -0.25) is 0 Å². The molecule has 1 N–H and O–H groups in total. The minimum absolute atomic E-state index is 0.551. The summed E-state index contributed by atoms with van der Waals surface area (Å²) in [5.41, 5.74) is 2.56. The van der Waals surface area contributed by atoms with Gasteiger partial charge in [-0.1, -0.05) is 17.7 Å². The van der Waals surface area contributed by atoms with Crippen molar-refractivity contribution < 1.29 is 0 Å². The summed E-state index contributed by atoms with van der Waals surface area (Å²) in [6, 6.07) is 5.99. The molecule has 0 bridgehead atoms. The van der Waals surface area contributed by atoms with E-state index < -0.39 is 0 Å². The number of halogens is 1. The lowest BCUT2D eigenvalue weighted by Crippen LogP contribution is -2.16. The molecule has 0 spiro atoms. The van der Waals surface area contributed by atoms with Crippen molar-refractivity contribution in [1.29, 1.82) is 0 Å². The van der Waals surface area contributed by atoms with Crippen LogP contribution >= 0.6 is 22.9 Å². The predicted molar refractivity (Wildman–Crippen MR) is 69.0 cm³/mol. The third-order valence-corrected chi connectivity index (χ3v) is 3.24. The highest BCUT2D eigenvalue weighted by Crippen LogP contribution is 2.06. The number of pyridine rings is 1. The number of hydrogen-bond acceptors (Lipinski definition) is 3. The molecule has 0 radical (unpaired) electrons. The average Bonchev–Trinajstić information content (AvgIpc) is 2.80. The number of nitrogens with zero attached hydrogens (tertiary/aromatic N) is 1. The molecule has 0 fully saturated rings. The zero-order valence-electron chi connectivity index (χ0n) is 8.82. The van der Waals surface area contributed by atoms with Gasteiger partial charge in [-0.05, 0) is 47.0 Å². The third kappa shape index (κ3) is 3.59. The molecule has 2 heterocycles. The Balaban J connectivity index is 1.70. The van der Waals surface area contributed by atoms with Crippen LogP contribution in [0.2, 0.25) is 5.15 Å². The van der Waals surface area contributed by atoms with Gasteiger partial charge in [-0.15, -0.1) is 0 Å². The Hall–Kier alpha value is -0.900. The molecule has 0 amide bonds. The van der Waals surface area contributed by atoms with E-state index in [-0.39, 0.29) is 0 Å². The minimum Gasteiger partial charge on any atom is -0.312 e. The maximum atomic E-state index is 5.71. The molecule has 4 heteroatoms. The zero-order chi connectivity index (χ0) is 11.2. The van der Waals surface area contributed by atoms with Crippen LogP contribution in [0.15, 0.2) is 35.2 Å². The van der Waals surface area contributed by atoms with E-state index in [9.17, 15) is 0 Å². The molecule has 0 saturated carbocycles. The van der Waals surface area contributed by atoms with Gasteiger partial charge in [0.25, 0.3) is 0 Å². The number of aromatic nitrogens is 1. The molecule has 0 atom stereocenters. The lowest BCUT2D eigenvalue weighted by Gasteiger charge is -2.03. The molecule has 0 aliphatic carbocycles. The molecule has 2 aromatic rings. The van der Waals surface area contributed by atoms with E-state index in [4.69, 9.17) is 11.6 Å². The first-order valence-electron chi connectivity index (χ1n) is 5.17. The molecule has 0 unspecified atom stereocenters. The lowest BCUT2D eigenvalue weighted by molar-refractivity contribution is 0.687. The summed E-state index contributed by atoms with van der Waals surface area (Å²) < 4.78 is 0. The summed E-state index contributed by atoms with van der Waals surface area (Å²) in [5.74, 6) is 0. The van der Waals surface area contributed by atoms with E-state index in [0.717, 1.165) is 19.5 Å². The van der Waals surface area contributed by atoms with Crippen molar-refractivity contribution in [2.75, 3.05) is 6.54 Å². The summed E-state index contributed by atoms with van der Waals surface area (Å²) in [4.78, 5) is 4.05. The van der Waals surface area contributed by atoms with Gasteiger partial charge in [0.05, 0.1) is 0 Å². The average molecular weight is 253 g/mol. The quantitative estimate of drug-likeness (QED) is 0.653. The van der Waals surface area contributed by atoms with Gasteiger partial charge >= 0.3 is 0 Å². The fourth-order valence-electron chi connectivity index (χ4n) is 1.41. The van der Waals surface area contributed by atoms with Gasteiger partial charge in [-0.25, -0.2) is 4.98 Å². The molecular formula is C12H13ClN2S. The highest BCUT2D eigenvalue weighted by molar-refractivity contribution is 7.07. The number of thiophene rings is 1. The topological polar surface area (TPSA) is 24.9 Å². The van der Waals surface area contributed by atoms with Gasteiger partial charge in [0.1, 0.15) is 5.15 Å². The van der Waals surface area contributed by atoms with Gasteiger partial charge in [0.2, 0.25) is 0 Å². The van der Waals surface area contributed by atoms with Crippen molar-refractivity contribution in [3.05, 3.63) is 51.4 Å². The Bertz CT molecular complexity index is 411. The van der Waals surface area contributed by atoms with Crippen LogP contribution < -0.4 is 5.32 Å². The van der Waals surface area contributed by atoms with Crippen LogP contribution in [-0.4, -0.2) is 11.5 Å². The van der Waals surface area contributed by atoms with E-state index in [1.165, 1.54) is 11.1 Å². The zero-order valence-corrected chi connectivity index (χ0v) is 10.4. The van der Waals surface area contributed by atoms with E-state index >= 15 is 0 Å². The van der Waals surface area contributed by atoms with E-state index in [2.05, 4.69) is 27.1 Å². The molecule has 2 rings (SSSR count). The highest BCUT2D eigenvalue weighted by Gasteiger charge is 1.95. The molecule has 0 aromatic carbocycles. The second-order valence-electron chi connectivity index (χ2n) is 3.55. The second kappa shape index (κ2) is 5.99. The minimum atomic E-state index is 0.551. The van der Waals surface area contributed by atoms with E-state index in [0.29, 0.717) is 5.15 Å². The first-order valence-corrected chi connectivity index (χ1v) is 6.49.